The number of aliphatic carboxylic acids is 1. The topological polar surface area (TPSA) is 37.3 Å². The zero-order valence-electron chi connectivity index (χ0n) is 8.50. The average Bonchev–Trinajstić information content (AvgIpc) is 2.16. The minimum atomic E-state index is -2.56. The second-order valence-corrected chi connectivity index (χ2v) is 3.48. The zero-order chi connectivity index (χ0) is 11.6. The maximum atomic E-state index is 12.5. The first kappa shape index (κ1) is 11.6. The highest BCUT2D eigenvalue weighted by Crippen LogP contribution is 2.26. The van der Waals surface area contributed by atoms with E-state index in [1.165, 1.54) is 19.1 Å². The van der Waals surface area contributed by atoms with Crippen molar-refractivity contribution in [3.8, 4) is 0 Å². The van der Waals surface area contributed by atoms with Crippen molar-refractivity contribution < 1.29 is 18.7 Å². The van der Waals surface area contributed by atoms with Gasteiger partial charge in [-0.05, 0) is 31.0 Å². The van der Waals surface area contributed by atoms with E-state index < -0.39 is 18.3 Å². The number of carbonyl (C=O) groups is 1. The first-order valence-electron chi connectivity index (χ1n) is 4.55. The van der Waals surface area contributed by atoms with E-state index in [1.807, 2.05) is 0 Å². The van der Waals surface area contributed by atoms with E-state index in [9.17, 15) is 13.6 Å². The van der Waals surface area contributed by atoms with Crippen molar-refractivity contribution in [3.05, 3.63) is 34.9 Å². The fraction of sp³-hybridized carbons (Fsp3) is 0.364. The molecule has 0 bridgehead atoms. The fourth-order valence-corrected chi connectivity index (χ4v) is 1.31. The number of hydrogen-bond donors (Lipinski definition) is 1. The fourth-order valence-electron chi connectivity index (χ4n) is 1.31. The summed E-state index contributed by atoms with van der Waals surface area (Å²) in [5.74, 6) is -1.78. The Labute approximate surface area is 86.5 Å². The molecule has 1 atom stereocenters. The maximum Gasteiger partial charge on any atom is 0.310 e. The molecule has 1 rings (SSSR count). The van der Waals surface area contributed by atoms with E-state index in [2.05, 4.69) is 0 Å². The summed E-state index contributed by atoms with van der Waals surface area (Å²) in [6.45, 7) is 3.05. The van der Waals surface area contributed by atoms with Crippen LogP contribution in [0, 0.1) is 6.92 Å². The van der Waals surface area contributed by atoms with Crippen LogP contribution in [-0.2, 0) is 4.79 Å². The number of carboxylic acids is 1. The van der Waals surface area contributed by atoms with Crippen molar-refractivity contribution in [2.45, 2.75) is 26.2 Å². The van der Waals surface area contributed by atoms with Gasteiger partial charge in [0.05, 0.1) is 5.92 Å². The van der Waals surface area contributed by atoms with E-state index in [0.29, 0.717) is 11.1 Å². The molecule has 0 aliphatic rings. The zero-order valence-corrected chi connectivity index (χ0v) is 8.50. The molecule has 1 aromatic rings. The van der Waals surface area contributed by atoms with Crippen LogP contribution in [-0.4, -0.2) is 11.1 Å². The first-order chi connectivity index (χ1) is 6.93. The number of carboxylic acid groups (broad SMARTS) is 1. The molecule has 1 N–H and O–H groups in total. The van der Waals surface area contributed by atoms with Crippen LogP contribution < -0.4 is 0 Å². The van der Waals surface area contributed by atoms with Gasteiger partial charge < -0.3 is 5.11 Å². The van der Waals surface area contributed by atoms with Gasteiger partial charge in [-0.1, -0.05) is 12.1 Å². The molecule has 0 spiro atoms. The molecule has 15 heavy (non-hydrogen) atoms. The molecule has 0 aromatic heterocycles. The molecule has 0 radical (unpaired) electrons. The summed E-state index contributed by atoms with van der Waals surface area (Å²) >= 11 is 0. The van der Waals surface area contributed by atoms with Crippen LogP contribution in [0.2, 0.25) is 0 Å². The molecule has 1 unspecified atom stereocenters. The highest BCUT2D eigenvalue weighted by molar-refractivity contribution is 5.75. The molecule has 2 nitrogen and oxygen atoms in total. The third-order valence-corrected chi connectivity index (χ3v) is 2.41. The predicted octanol–water partition coefficient (Wildman–Crippen LogP) is 3.12. The van der Waals surface area contributed by atoms with E-state index in [0.717, 1.165) is 0 Å². The number of benzene rings is 1. The highest BCUT2D eigenvalue weighted by Gasteiger charge is 2.17. The van der Waals surface area contributed by atoms with Crippen LogP contribution >= 0.6 is 0 Å². The highest BCUT2D eigenvalue weighted by atomic mass is 19.3. The Hall–Kier alpha value is -1.45. The SMILES string of the molecule is Cc1ccc(C(C)C(=O)O)cc1C(F)F. The van der Waals surface area contributed by atoms with Gasteiger partial charge in [0.1, 0.15) is 0 Å². The minimum Gasteiger partial charge on any atom is -0.481 e. The molecule has 82 valence electrons. The molecule has 0 saturated carbocycles. The number of aryl methyl sites for hydroxylation is 1. The smallest absolute Gasteiger partial charge is 0.310 e. The number of rotatable bonds is 3. The summed E-state index contributed by atoms with van der Waals surface area (Å²) in [7, 11) is 0. The second kappa shape index (κ2) is 4.38. The Morgan fingerprint density at radius 3 is 2.47 bits per heavy atom. The lowest BCUT2D eigenvalue weighted by atomic mass is 9.97. The summed E-state index contributed by atoms with van der Waals surface area (Å²) in [5, 5.41) is 8.75. The van der Waals surface area contributed by atoms with E-state index in [-0.39, 0.29) is 5.56 Å². The first-order valence-corrected chi connectivity index (χ1v) is 4.55. The second-order valence-electron chi connectivity index (χ2n) is 3.48. The predicted molar refractivity (Wildman–Crippen MR) is 52.2 cm³/mol. The third-order valence-electron chi connectivity index (χ3n) is 2.41. The lowest BCUT2D eigenvalue weighted by molar-refractivity contribution is -0.138. The Morgan fingerprint density at radius 2 is 2.00 bits per heavy atom. The summed E-state index contributed by atoms with van der Waals surface area (Å²) in [6, 6.07) is 4.36. The summed E-state index contributed by atoms with van der Waals surface area (Å²) in [5.41, 5.74) is 0.787. The third kappa shape index (κ3) is 2.52. The summed E-state index contributed by atoms with van der Waals surface area (Å²) in [6.07, 6.45) is -2.56. The van der Waals surface area contributed by atoms with Crippen molar-refractivity contribution in [1.82, 2.24) is 0 Å². The summed E-state index contributed by atoms with van der Waals surface area (Å²) in [4.78, 5) is 10.7. The normalized spacial score (nSPS) is 12.9. The van der Waals surface area contributed by atoms with Gasteiger partial charge in [0.25, 0.3) is 6.43 Å². The van der Waals surface area contributed by atoms with Crippen molar-refractivity contribution >= 4 is 5.97 Å². The molecule has 0 amide bonds. The van der Waals surface area contributed by atoms with Crippen LogP contribution in [0.25, 0.3) is 0 Å². The monoisotopic (exact) mass is 214 g/mol. The standard InChI is InChI=1S/C11H12F2O2/c1-6-3-4-8(7(2)11(14)15)5-9(6)10(12)13/h3-5,7,10H,1-2H3,(H,14,15). The van der Waals surface area contributed by atoms with Crippen LogP contribution in [0.15, 0.2) is 18.2 Å². The Bertz CT molecular complexity index is 375. The van der Waals surface area contributed by atoms with Crippen molar-refractivity contribution in [2.24, 2.45) is 0 Å². The molecule has 0 saturated heterocycles. The Balaban J connectivity index is 3.13. The van der Waals surface area contributed by atoms with Gasteiger partial charge >= 0.3 is 5.97 Å². The molecule has 0 aliphatic carbocycles. The van der Waals surface area contributed by atoms with Gasteiger partial charge in [0.2, 0.25) is 0 Å². The van der Waals surface area contributed by atoms with E-state index >= 15 is 0 Å². The van der Waals surface area contributed by atoms with Gasteiger partial charge in [-0.3, -0.25) is 4.79 Å². The maximum absolute atomic E-state index is 12.5. The number of halogens is 2. The van der Waals surface area contributed by atoms with Gasteiger partial charge in [-0.2, -0.15) is 0 Å². The van der Waals surface area contributed by atoms with Gasteiger partial charge in [0.15, 0.2) is 0 Å². The van der Waals surface area contributed by atoms with E-state index in [1.54, 1.807) is 13.0 Å². The molecule has 0 aliphatic heterocycles. The van der Waals surface area contributed by atoms with Crippen molar-refractivity contribution in [3.63, 3.8) is 0 Å². The molecule has 1 aromatic carbocycles. The van der Waals surface area contributed by atoms with Gasteiger partial charge in [-0.25, -0.2) is 8.78 Å². The minimum absolute atomic E-state index is 0.0967. The largest absolute Gasteiger partial charge is 0.481 e. The number of alkyl halides is 2. The van der Waals surface area contributed by atoms with Gasteiger partial charge in [-0.15, -0.1) is 0 Å². The van der Waals surface area contributed by atoms with E-state index in [4.69, 9.17) is 5.11 Å². The van der Waals surface area contributed by atoms with Crippen LogP contribution in [0.3, 0.4) is 0 Å². The lowest BCUT2D eigenvalue weighted by Gasteiger charge is -2.10. The Kier molecular flexibility index (Phi) is 3.39. The van der Waals surface area contributed by atoms with Crippen LogP contribution in [0.4, 0.5) is 8.78 Å². The molecule has 0 fully saturated rings. The quantitative estimate of drug-likeness (QED) is 0.839. The van der Waals surface area contributed by atoms with Crippen molar-refractivity contribution in [2.75, 3.05) is 0 Å². The molecule has 0 heterocycles. The summed E-state index contributed by atoms with van der Waals surface area (Å²) < 4.78 is 25.0. The molecular formula is C11H12F2O2. The van der Waals surface area contributed by atoms with Gasteiger partial charge in [0, 0.05) is 5.56 Å². The van der Waals surface area contributed by atoms with Crippen LogP contribution in [0.5, 0.6) is 0 Å². The number of hydrogen-bond acceptors (Lipinski definition) is 1. The Morgan fingerprint density at radius 1 is 1.40 bits per heavy atom. The van der Waals surface area contributed by atoms with Crippen molar-refractivity contribution in [1.29, 1.82) is 0 Å². The van der Waals surface area contributed by atoms with Crippen LogP contribution in [0.1, 0.15) is 36.0 Å². The lowest BCUT2D eigenvalue weighted by Crippen LogP contribution is -2.08. The average molecular weight is 214 g/mol. The molecule has 4 heteroatoms. The molecular weight excluding hydrogens is 202 g/mol.